The average molecular weight is 390 g/mol. The Kier molecular flexibility index (Phi) is 8.43. The first-order valence-electron chi connectivity index (χ1n) is 8.54. The maximum absolute atomic E-state index is 14.1. The minimum Gasteiger partial charge on any atom is -0.349 e. The number of rotatable bonds is 5. The molecule has 3 N–H and O–H groups in total. The van der Waals surface area contributed by atoms with Gasteiger partial charge < -0.3 is 16.0 Å². The summed E-state index contributed by atoms with van der Waals surface area (Å²) in [6, 6.07) is 2.42. The number of nitrogens with one attached hydrogen (secondary N) is 1. The minimum absolute atomic E-state index is 0. The van der Waals surface area contributed by atoms with E-state index in [0.717, 1.165) is 25.0 Å². The first-order valence-corrected chi connectivity index (χ1v) is 8.54. The van der Waals surface area contributed by atoms with Gasteiger partial charge in [0.25, 0.3) is 0 Å². The van der Waals surface area contributed by atoms with Gasteiger partial charge in [-0.05, 0) is 37.8 Å². The third-order valence-corrected chi connectivity index (χ3v) is 4.66. The zero-order valence-electron chi connectivity index (χ0n) is 15.0. The van der Waals surface area contributed by atoms with Crippen molar-refractivity contribution in [3.8, 4) is 0 Å². The summed E-state index contributed by atoms with van der Waals surface area (Å²) in [4.78, 5) is 25.8. The summed E-state index contributed by atoms with van der Waals surface area (Å²) in [6.07, 6.45) is 1.61. The second kappa shape index (κ2) is 9.83. The van der Waals surface area contributed by atoms with Gasteiger partial charge in [-0.1, -0.05) is 6.07 Å². The molecule has 146 valence electrons. The summed E-state index contributed by atoms with van der Waals surface area (Å²) in [7, 11) is 0. The van der Waals surface area contributed by atoms with Crippen LogP contribution in [0, 0.1) is 17.6 Å². The predicted octanol–water partition coefficient (Wildman–Crippen LogP) is 2.54. The largest absolute Gasteiger partial charge is 0.349 e. The highest BCUT2D eigenvalue weighted by atomic mass is 35.5. The molecule has 0 aliphatic carbocycles. The monoisotopic (exact) mass is 389 g/mol. The molecule has 1 saturated heterocycles. The first-order chi connectivity index (χ1) is 11.8. The molecular weight excluding hydrogens is 364 g/mol. The minimum atomic E-state index is -1.04. The standard InChI is InChI=1S/C18H25F2N3O2.ClH/c1-11(21)13-5-4-8-23(10-13)17(25)9-16(22-12(2)24)18-14(19)6-3-7-15(18)20;/h3,6-7,11,13,16H,4-5,8-10,21H2,1-2H3,(H,22,24);1H. The third kappa shape index (κ3) is 5.64. The Bertz CT molecular complexity index is 623. The Labute approximate surface area is 158 Å². The Morgan fingerprint density at radius 1 is 1.35 bits per heavy atom. The van der Waals surface area contributed by atoms with Crippen LogP contribution in [0.2, 0.25) is 0 Å². The Hall–Kier alpha value is -1.73. The van der Waals surface area contributed by atoms with Gasteiger partial charge in [0.05, 0.1) is 12.5 Å². The molecule has 1 aromatic rings. The van der Waals surface area contributed by atoms with Crippen LogP contribution in [-0.4, -0.2) is 35.8 Å². The van der Waals surface area contributed by atoms with Crippen molar-refractivity contribution in [1.82, 2.24) is 10.2 Å². The zero-order chi connectivity index (χ0) is 18.6. The van der Waals surface area contributed by atoms with Crippen molar-refractivity contribution in [3.63, 3.8) is 0 Å². The lowest BCUT2D eigenvalue weighted by molar-refractivity contribution is -0.134. The lowest BCUT2D eigenvalue weighted by Gasteiger charge is -2.35. The summed E-state index contributed by atoms with van der Waals surface area (Å²) >= 11 is 0. The van der Waals surface area contributed by atoms with E-state index in [9.17, 15) is 18.4 Å². The van der Waals surface area contributed by atoms with E-state index in [-0.39, 0.29) is 42.3 Å². The van der Waals surface area contributed by atoms with Crippen LogP contribution in [0.1, 0.15) is 44.7 Å². The smallest absolute Gasteiger partial charge is 0.225 e. The maximum atomic E-state index is 14.1. The average Bonchev–Trinajstić information content (AvgIpc) is 2.54. The van der Waals surface area contributed by atoms with Gasteiger partial charge in [-0.2, -0.15) is 0 Å². The first kappa shape index (κ1) is 22.3. The molecule has 1 aromatic carbocycles. The van der Waals surface area contributed by atoms with Crippen LogP contribution >= 0.6 is 12.4 Å². The van der Waals surface area contributed by atoms with E-state index >= 15 is 0 Å². The van der Waals surface area contributed by atoms with Crippen LogP contribution in [0.25, 0.3) is 0 Å². The van der Waals surface area contributed by atoms with Crippen LogP contribution in [-0.2, 0) is 9.59 Å². The van der Waals surface area contributed by atoms with Gasteiger partial charge in [-0.15, -0.1) is 12.4 Å². The normalized spacial score (nSPS) is 19.3. The van der Waals surface area contributed by atoms with Crippen LogP contribution in [0.15, 0.2) is 18.2 Å². The van der Waals surface area contributed by atoms with Crippen molar-refractivity contribution < 1.29 is 18.4 Å². The highest BCUT2D eigenvalue weighted by Gasteiger charge is 2.29. The SMILES string of the molecule is CC(=O)NC(CC(=O)N1CCCC(C(C)N)C1)c1c(F)cccc1F.Cl. The van der Waals surface area contributed by atoms with E-state index in [2.05, 4.69) is 5.32 Å². The molecule has 1 aliphatic heterocycles. The van der Waals surface area contributed by atoms with E-state index in [1.165, 1.54) is 13.0 Å². The molecule has 1 heterocycles. The number of carbonyl (C=O) groups is 2. The number of hydrogen-bond acceptors (Lipinski definition) is 3. The molecular formula is C18H26ClF2N3O2. The molecule has 8 heteroatoms. The van der Waals surface area contributed by atoms with E-state index in [4.69, 9.17) is 5.73 Å². The fraction of sp³-hybridized carbons (Fsp3) is 0.556. The topological polar surface area (TPSA) is 75.4 Å². The maximum Gasteiger partial charge on any atom is 0.225 e. The van der Waals surface area contributed by atoms with Crippen molar-refractivity contribution in [2.24, 2.45) is 11.7 Å². The Morgan fingerprint density at radius 3 is 2.50 bits per heavy atom. The highest BCUT2D eigenvalue weighted by molar-refractivity contribution is 5.85. The molecule has 2 amide bonds. The predicted molar refractivity (Wildman–Crippen MR) is 97.7 cm³/mol. The van der Waals surface area contributed by atoms with Crippen molar-refractivity contribution in [1.29, 1.82) is 0 Å². The number of piperidine rings is 1. The Balaban J connectivity index is 0.00000338. The van der Waals surface area contributed by atoms with Gasteiger partial charge in [0.1, 0.15) is 11.6 Å². The molecule has 0 bridgehead atoms. The van der Waals surface area contributed by atoms with Gasteiger partial charge in [0, 0.05) is 31.6 Å². The van der Waals surface area contributed by atoms with Gasteiger partial charge in [-0.3, -0.25) is 9.59 Å². The number of likely N-dealkylation sites (tertiary alicyclic amines) is 1. The number of hydrogen-bond donors (Lipinski definition) is 2. The second-order valence-corrected chi connectivity index (χ2v) is 6.69. The van der Waals surface area contributed by atoms with Gasteiger partial charge in [-0.25, -0.2) is 8.78 Å². The summed E-state index contributed by atoms with van der Waals surface area (Å²) in [5, 5.41) is 2.49. The van der Waals surface area contributed by atoms with E-state index in [1.807, 2.05) is 6.92 Å². The molecule has 3 unspecified atom stereocenters. The van der Waals surface area contributed by atoms with Crippen molar-refractivity contribution in [2.75, 3.05) is 13.1 Å². The van der Waals surface area contributed by atoms with Crippen molar-refractivity contribution in [3.05, 3.63) is 35.4 Å². The molecule has 0 saturated carbocycles. The third-order valence-electron chi connectivity index (χ3n) is 4.66. The summed E-state index contributed by atoms with van der Waals surface area (Å²) in [5.74, 6) is -2.04. The summed E-state index contributed by atoms with van der Waals surface area (Å²) in [6.45, 7) is 4.29. The molecule has 5 nitrogen and oxygen atoms in total. The quantitative estimate of drug-likeness (QED) is 0.812. The lowest BCUT2D eigenvalue weighted by Crippen LogP contribution is -2.46. The molecule has 2 rings (SSSR count). The molecule has 0 spiro atoms. The number of amides is 2. The fourth-order valence-electron chi connectivity index (χ4n) is 3.28. The fourth-order valence-corrected chi connectivity index (χ4v) is 3.28. The van der Waals surface area contributed by atoms with E-state index in [0.29, 0.717) is 13.1 Å². The van der Waals surface area contributed by atoms with Crippen LogP contribution < -0.4 is 11.1 Å². The molecule has 3 atom stereocenters. The van der Waals surface area contributed by atoms with Crippen molar-refractivity contribution in [2.45, 2.75) is 45.2 Å². The van der Waals surface area contributed by atoms with Gasteiger partial charge in [0.2, 0.25) is 11.8 Å². The highest BCUT2D eigenvalue weighted by Crippen LogP contribution is 2.26. The molecule has 1 fully saturated rings. The van der Waals surface area contributed by atoms with Crippen LogP contribution in [0.3, 0.4) is 0 Å². The molecule has 0 radical (unpaired) electrons. The number of benzene rings is 1. The van der Waals surface area contributed by atoms with Gasteiger partial charge in [0.15, 0.2) is 0 Å². The number of nitrogens with two attached hydrogens (primary N) is 1. The Morgan fingerprint density at radius 2 is 1.96 bits per heavy atom. The van der Waals surface area contributed by atoms with Crippen LogP contribution in [0.4, 0.5) is 8.78 Å². The van der Waals surface area contributed by atoms with Gasteiger partial charge >= 0.3 is 0 Å². The van der Waals surface area contributed by atoms with Crippen LogP contribution in [0.5, 0.6) is 0 Å². The summed E-state index contributed by atoms with van der Waals surface area (Å²) < 4.78 is 28.2. The second-order valence-electron chi connectivity index (χ2n) is 6.69. The number of carbonyl (C=O) groups excluding carboxylic acids is 2. The number of nitrogens with zero attached hydrogens (tertiary/aromatic N) is 1. The number of halogens is 3. The summed E-state index contributed by atoms with van der Waals surface area (Å²) in [5.41, 5.74) is 5.65. The molecule has 1 aliphatic rings. The molecule has 0 aromatic heterocycles. The van der Waals surface area contributed by atoms with Crippen molar-refractivity contribution >= 4 is 24.2 Å². The lowest BCUT2D eigenvalue weighted by atomic mass is 9.91. The van der Waals surface area contributed by atoms with E-state index < -0.39 is 23.6 Å². The molecule has 26 heavy (non-hydrogen) atoms. The zero-order valence-corrected chi connectivity index (χ0v) is 15.8. The van der Waals surface area contributed by atoms with E-state index in [1.54, 1.807) is 4.90 Å².